The minimum atomic E-state index is -0.815. The van der Waals surface area contributed by atoms with Crippen molar-refractivity contribution >= 4 is 11.8 Å². The van der Waals surface area contributed by atoms with Crippen LogP contribution in [0.4, 0.5) is 0 Å². The van der Waals surface area contributed by atoms with Gasteiger partial charge in [-0.15, -0.1) is 0 Å². The van der Waals surface area contributed by atoms with Crippen LogP contribution in [-0.2, 0) is 16.1 Å². The maximum absolute atomic E-state index is 12.4. The van der Waals surface area contributed by atoms with Crippen molar-refractivity contribution in [3.8, 4) is 0 Å². The summed E-state index contributed by atoms with van der Waals surface area (Å²) in [5.41, 5.74) is 0.124. The Balaban J connectivity index is 1.90. The summed E-state index contributed by atoms with van der Waals surface area (Å²) in [6.07, 6.45) is 6.73. The molecule has 1 aromatic rings. The molecule has 2 amide bonds. The fourth-order valence-electron chi connectivity index (χ4n) is 2.38. The molecule has 0 unspecified atom stereocenters. The Kier molecular flexibility index (Phi) is 4.94. The zero-order chi connectivity index (χ0) is 15.3. The van der Waals surface area contributed by atoms with E-state index in [9.17, 15) is 9.59 Å². The van der Waals surface area contributed by atoms with Crippen molar-refractivity contribution in [2.45, 2.75) is 39.2 Å². The first-order chi connectivity index (χ1) is 10.1. The third-order valence-electron chi connectivity index (χ3n) is 3.96. The Labute approximate surface area is 125 Å². The normalized spacial score (nSPS) is 15.3. The molecule has 5 heteroatoms. The first-order valence-electron chi connectivity index (χ1n) is 7.53. The molecule has 0 saturated heterocycles. The summed E-state index contributed by atoms with van der Waals surface area (Å²) in [4.78, 5) is 30.5. The van der Waals surface area contributed by atoms with E-state index < -0.39 is 5.41 Å². The van der Waals surface area contributed by atoms with Crippen molar-refractivity contribution in [3.63, 3.8) is 0 Å². The van der Waals surface area contributed by atoms with Crippen molar-refractivity contribution in [2.75, 3.05) is 13.6 Å². The second-order valence-electron chi connectivity index (χ2n) is 5.71. The van der Waals surface area contributed by atoms with E-state index in [1.165, 1.54) is 0 Å². The molecule has 0 radical (unpaired) electrons. The lowest BCUT2D eigenvalue weighted by molar-refractivity contribution is -0.143. The second-order valence-corrected chi connectivity index (χ2v) is 5.71. The summed E-state index contributed by atoms with van der Waals surface area (Å²) in [6, 6.07) is 3.74. The van der Waals surface area contributed by atoms with Crippen molar-refractivity contribution in [1.82, 2.24) is 15.2 Å². The van der Waals surface area contributed by atoms with E-state index in [2.05, 4.69) is 17.2 Å². The highest BCUT2D eigenvalue weighted by Gasteiger charge is 2.57. The number of rotatable bonds is 7. The van der Waals surface area contributed by atoms with Gasteiger partial charge in [-0.05, 0) is 30.9 Å². The van der Waals surface area contributed by atoms with Crippen LogP contribution >= 0.6 is 0 Å². The minimum Gasteiger partial charge on any atom is -0.351 e. The summed E-state index contributed by atoms with van der Waals surface area (Å²) < 4.78 is 0. The van der Waals surface area contributed by atoms with Gasteiger partial charge in [0, 0.05) is 32.5 Å². The number of pyridine rings is 1. The summed E-state index contributed by atoms with van der Waals surface area (Å²) in [6.45, 7) is 3.22. The van der Waals surface area contributed by atoms with Crippen LogP contribution in [0.5, 0.6) is 0 Å². The van der Waals surface area contributed by atoms with Gasteiger partial charge in [-0.25, -0.2) is 0 Å². The van der Waals surface area contributed by atoms with Crippen molar-refractivity contribution in [3.05, 3.63) is 30.1 Å². The Morgan fingerprint density at radius 2 is 2.19 bits per heavy atom. The highest BCUT2D eigenvalue weighted by atomic mass is 16.2. The van der Waals surface area contributed by atoms with Crippen molar-refractivity contribution < 1.29 is 9.59 Å². The number of amides is 2. The number of hydrogen-bond donors (Lipinski definition) is 1. The van der Waals surface area contributed by atoms with Crippen LogP contribution in [0.1, 0.15) is 38.2 Å². The summed E-state index contributed by atoms with van der Waals surface area (Å²) in [5, 5.41) is 2.87. The highest BCUT2D eigenvalue weighted by molar-refractivity contribution is 6.07. The van der Waals surface area contributed by atoms with Crippen molar-refractivity contribution in [1.29, 1.82) is 0 Å². The molecule has 5 nitrogen and oxygen atoms in total. The van der Waals surface area contributed by atoms with Gasteiger partial charge in [-0.2, -0.15) is 0 Å². The number of hydrogen-bond acceptors (Lipinski definition) is 3. The lowest BCUT2D eigenvalue weighted by atomic mass is 10.0. The second kappa shape index (κ2) is 6.70. The van der Waals surface area contributed by atoms with E-state index in [4.69, 9.17) is 0 Å². The van der Waals surface area contributed by atoms with E-state index in [0.29, 0.717) is 25.9 Å². The van der Waals surface area contributed by atoms with Gasteiger partial charge in [0.25, 0.3) is 0 Å². The molecule has 1 aromatic heterocycles. The Bertz CT molecular complexity index is 498. The minimum absolute atomic E-state index is 0.0420. The van der Waals surface area contributed by atoms with E-state index in [1.54, 1.807) is 24.3 Å². The van der Waals surface area contributed by atoms with E-state index >= 15 is 0 Å². The van der Waals surface area contributed by atoms with Gasteiger partial charge in [-0.1, -0.05) is 19.4 Å². The first-order valence-corrected chi connectivity index (χ1v) is 7.53. The zero-order valence-corrected chi connectivity index (χ0v) is 12.8. The monoisotopic (exact) mass is 289 g/mol. The van der Waals surface area contributed by atoms with Crippen LogP contribution in [0.3, 0.4) is 0 Å². The number of carbonyl (C=O) groups excluding carboxylic acids is 2. The van der Waals surface area contributed by atoms with Gasteiger partial charge >= 0.3 is 0 Å². The molecular weight excluding hydrogens is 266 g/mol. The molecule has 21 heavy (non-hydrogen) atoms. The molecule has 1 N–H and O–H groups in total. The Hall–Kier alpha value is -1.91. The molecular formula is C16H23N3O2. The number of nitrogens with one attached hydrogen (secondary N) is 1. The van der Waals surface area contributed by atoms with E-state index in [1.807, 2.05) is 12.1 Å². The number of nitrogens with zero attached hydrogens (tertiary/aromatic N) is 2. The standard InChI is InChI=1S/C16H23N3O2/c1-3-4-10-19(2)15(21)16(7-8-16)14(20)18-12-13-6-5-9-17-11-13/h5-6,9,11H,3-4,7-8,10,12H2,1-2H3,(H,18,20). The van der Waals surface area contributed by atoms with Gasteiger partial charge in [0.05, 0.1) is 0 Å². The van der Waals surface area contributed by atoms with Gasteiger partial charge < -0.3 is 10.2 Å². The average Bonchev–Trinajstić information content (AvgIpc) is 3.32. The molecule has 0 aromatic carbocycles. The Morgan fingerprint density at radius 1 is 1.43 bits per heavy atom. The number of aromatic nitrogens is 1. The lowest BCUT2D eigenvalue weighted by Gasteiger charge is -2.22. The fourth-order valence-corrected chi connectivity index (χ4v) is 2.38. The van der Waals surface area contributed by atoms with Crippen LogP contribution in [0.2, 0.25) is 0 Å². The first kappa shape index (κ1) is 15.5. The molecule has 1 saturated carbocycles. The molecule has 0 spiro atoms. The van der Waals surface area contributed by atoms with Crippen LogP contribution in [0.15, 0.2) is 24.5 Å². The van der Waals surface area contributed by atoms with Gasteiger partial charge in [-0.3, -0.25) is 14.6 Å². The van der Waals surface area contributed by atoms with Gasteiger partial charge in [0.15, 0.2) is 0 Å². The molecule has 1 heterocycles. The summed E-state index contributed by atoms with van der Waals surface area (Å²) >= 11 is 0. The topological polar surface area (TPSA) is 62.3 Å². The molecule has 0 aliphatic heterocycles. The highest BCUT2D eigenvalue weighted by Crippen LogP contribution is 2.47. The smallest absolute Gasteiger partial charge is 0.238 e. The molecule has 0 atom stereocenters. The number of carbonyl (C=O) groups is 2. The van der Waals surface area contributed by atoms with Crippen LogP contribution in [0, 0.1) is 5.41 Å². The molecule has 1 aliphatic carbocycles. The van der Waals surface area contributed by atoms with E-state index in [-0.39, 0.29) is 11.8 Å². The Morgan fingerprint density at radius 3 is 2.76 bits per heavy atom. The zero-order valence-electron chi connectivity index (χ0n) is 12.8. The largest absolute Gasteiger partial charge is 0.351 e. The summed E-state index contributed by atoms with van der Waals surface area (Å²) in [5.74, 6) is -0.195. The fraction of sp³-hybridized carbons (Fsp3) is 0.562. The maximum atomic E-state index is 12.4. The average molecular weight is 289 g/mol. The summed E-state index contributed by atoms with van der Waals surface area (Å²) in [7, 11) is 1.78. The predicted molar refractivity (Wildman–Crippen MR) is 80.3 cm³/mol. The third kappa shape index (κ3) is 3.60. The molecule has 114 valence electrons. The SMILES string of the molecule is CCCCN(C)C(=O)C1(C(=O)NCc2cccnc2)CC1. The van der Waals surface area contributed by atoms with Crippen molar-refractivity contribution in [2.24, 2.45) is 5.41 Å². The number of unbranched alkanes of at least 4 members (excludes halogenated alkanes) is 1. The van der Waals surface area contributed by atoms with Crippen LogP contribution in [0.25, 0.3) is 0 Å². The molecule has 1 aliphatic rings. The molecule has 2 rings (SSSR count). The lowest BCUT2D eigenvalue weighted by Crippen LogP contribution is -2.43. The molecule has 1 fully saturated rings. The van der Waals surface area contributed by atoms with Crippen LogP contribution in [-0.4, -0.2) is 35.3 Å². The maximum Gasteiger partial charge on any atom is 0.238 e. The van der Waals surface area contributed by atoms with Gasteiger partial charge in [0.2, 0.25) is 11.8 Å². The van der Waals surface area contributed by atoms with E-state index in [0.717, 1.165) is 18.4 Å². The quantitative estimate of drug-likeness (QED) is 0.778. The predicted octanol–water partition coefficient (Wildman–Crippen LogP) is 1.74. The third-order valence-corrected chi connectivity index (χ3v) is 3.96. The van der Waals surface area contributed by atoms with Crippen LogP contribution < -0.4 is 5.32 Å². The van der Waals surface area contributed by atoms with Gasteiger partial charge in [0.1, 0.15) is 5.41 Å². The molecule has 0 bridgehead atoms.